The number of hydrogen-bond donors (Lipinski definition) is 0. The molecule has 0 aromatic heterocycles. The largest absolute Gasteiger partial charge is 0.432 e. The molecule has 0 atom stereocenters. The third-order valence-corrected chi connectivity index (χ3v) is 0.433. The molecule has 0 rings (SSSR count). The van der Waals surface area contributed by atoms with Crippen molar-refractivity contribution in [2.24, 2.45) is 0 Å². The van der Waals surface area contributed by atoms with Crippen molar-refractivity contribution in [3.05, 3.63) is 0 Å². The van der Waals surface area contributed by atoms with E-state index in [4.69, 9.17) is 23.2 Å². The third-order valence-electron chi connectivity index (χ3n) is 0.255. The Labute approximate surface area is 73.0 Å². The van der Waals surface area contributed by atoms with Gasteiger partial charge in [0.1, 0.15) is 0 Å². The molecule has 0 aliphatic carbocycles. The molecular formula is C3H4AgCl2O2. The van der Waals surface area contributed by atoms with Crippen LogP contribution in [0.3, 0.4) is 0 Å². The van der Waals surface area contributed by atoms with Gasteiger partial charge in [0.15, 0.2) is 0 Å². The summed E-state index contributed by atoms with van der Waals surface area (Å²) in [5, 5.41) is -1.03. The van der Waals surface area contributed by atoms with Crippen LogP contribution in [-0.2, 0) is 31.9 Å². The molecule has 0 amide bonds. The summed E-state index contributed by atoms with van der Waals surface area (Å²) in [6, 6.07) is 0. The van der Waals surface area contributed by atoms with E-state index in [-0.39, 0.29) is 22.4 Å². The van der Waals surface area contributed by atoms with E-state index in [1.54, 1.807) is 0 Å². The van der Waals surface area contributed by atoms with Gasteiger partial charge in [-0.2, -0.15) is 0 Å². The summed E-state index contributed by atoms with van der Waals surface area (Å²) in [4.78, 5) is 9.86. The van der Waals surface area contributed by atoms with Crippen molar-refractivity contribution in [2.75, 3.05) is 0 Å². The Balaban J connectivity index is 0. The van der Waals surface area contributed by atoms with E-state index >= 15 is 0 Å². The molecule has 0 spiro atoms. The molecule has 5 heteroatoms. The molecule has 8 heavy (non-hydrogen) atoms. The number of hydrogen-bond acceptors (Lipinski definition) is 2. The standard InChI is InChI=1S/C3H4Cl2O2.Ag/c1-2(6)7-3(4)5;/h3H,1H3;. The molecule has 0 aliphatic heterocycles. The average Bonchev–Trinajstić information content (AvgIpc) is 1.27. The minimum absolute atomic E-state index is 0. The third kappa shape index (κ3) is 9.92. The van der Waals surface area contributed by atoms with Crippen LogP contribution in [0.5, 0.6) is 0 Å². The van der Waals surface area contributed by atoms with Crippen LogP contribution in [0.25, 0.3) is 0 Å². The van der Waals surface area contributed by atoms with Gasteiger partial charge in [-0.3, -0.25) is 4.79 Å². The molecule has 53 valence electrons. The second-order valence-electron chi connectivity index (χ2n) is 0.870. The molecule has 0 N–H and O–H groups in total. The van der Waals surface area contributed by atoms with E-state index in [1.807, 2.05) is 0 Å². The number of halogens is 2. The van der Waals surface area contributed by atoms with Crippen LogP contribution < -0.4 is 0 Å². The Morgan fingerprint density at radius 2 is 2.00 bits per heavy atom. The minimum Gasteiger partial charge on any atom is -0.432 e. The zero-order chi connectivity index (χ0) is 5.86. The molecule has 1 radical (unpaired) electrons. The van der Waals surface area contributed by atoms with Gasteiger partial charge in [-0.25, -0.2) is 0 Å². The van der Waals surface area contributed by atoms with Crippen LogP contribution in [0.1, 0.15) is 6.92 Å². The molecule has 0 heterocycles. The summed E-state index contributed by atoms with van der Waals surface area (Å²) in [6.45, 7) is 1.23. The molecule has 0 aromatic carbocycles. The maximum Gasteiger partial charge on any atom is 0.305 e. The second-order valence-corrected chi connectivity index (χ2v) is 1.89. The van der Waals surface area contributed by atoms with Crippen LogP contribution >= 0.6 is 23.2 Å². The fourth-order valence-corrected chi connectivity index (χ4v) is 0.376. The number of ether oxygens (including phenoxy) is 1. The Bertz CT molecular complexity index is 75.7. The first-order chi connectivity index (χ1) is 3.13. The molecule has 2 nitrogen and oxygen atoms in total. The van der Waals surface area contributed by atoms with Gasteiger partial charge in [0.25, 0.3) is 5.02 Å². The first-order valence-electron chi connectivity index (χ1n) is 1.58. The van der Waals surface area contributed by atoms with Crippen molar-refractivity contribution >= 4 is 29.2 Å². The van der Waals surface area contributed by atoms with Crippen LogP contribution in [0.15, 0.2) is 0 Å². The van der Waals surface area contributed by atoms with Crippen molar-refractivity contribution in [3.8, 4) is 0 Å². The molecule has 0 fully saturated rings. The quantitative estimate of drug-likeness (QED) is 0.399. The summed E-state index contributed by atoms with van der Waals surface area (Å²) in [7, 11) is 0. The average molecular weight is 251 g/mol. The van der Waals surface area contributed by atoms with E-state index in [2.05, 4.69) is 4.74 Å². The first kappa shape index (κ1) is 11.6. The Hall–Kier alpha value is 0.790. The fourth-order valence-electron chi connectivity index (χ4n) is 0.125. The maximum atomic E-state index is 9.86. The Kier molecular flexibility index (Phi) is 8.56. The molecular weight excluding hydrogens is 247 g/mol. The number of carbonyl (C=O) groups excluding carboxylic acids is 1. The van der Waals surface area contributed by atoms with Gasteiger partial charge in [-0.15, -0.1) is 0 Å². The number of rotatable bonds is 1. The summed E-state index contributed by atoms with van der Waals surface area (Å²) >= 11 is 9.99. The monoisotopic (exact) mass is 249 g/mol. The zero-order valence-electron chi connectivity index (χ0n) is 3.95. The molecule has 0 aromatic rings. The van der Waals surface area contributed by atoms with Crippen molar-refractivity contribution in [1.82, 2.24) is 0 Å². The number of alkyl halides is 2. The molecule has 0 bridgehead atoms. The van der Waals surface area contributed by atoms with E-state index < -0.39 is 11.0 Å². The minimum atomic E-state index is -1.03. The smallest absolute Gasteiger partial charge is 0.305 e. The maximum absolute atomic E-state index is 9.86. The Morgan fingerprint density at radius 1 is 1.62 bits per heavy atom. The summed E-state index contributed by atoms with van der Waals surface area (Å²) in [6.07, 6.45) is 0. The van der Waals surface area contributed by atoms with Gasteiger partial charge in [0, 0.05) is 29.3 Å². The van der Waals surface area contributed by atoms with Crippen molar-refractivity contribution in [2.45, 2.75) is 11.9 Å². The predicted molar refractivity (Wildman–Crippen MR) is 27.3 cm³/mol. The van der Waals surface area contributed by atoms with E-state index in [0.717, 1.165) is 0 Å². The molecule has 0 unspecified atom stereocenters. The molecule has 0 aliphatic rings. The fraction of sp³-hybridized carbons (Fsp3) is 0.667. The van der Waals surface area contributed by atoms with Crippen LogP contribution in [0, 0.1) is 0 Å². The summed E-state index contributed by atoms with van der Waals surface area (Å²) in [5.74, 6) is -0.477. The van der Waals surface area contributed by atoms with Crippen molar-refractivity contribution < 1.29 is 31.9 Å². The van der Waals surface area contributed by atoms with Crippen LogP contribution in [-0.4, -0.2) is 11.0 Å². The van der Waals surface area contributed by atoms with Gasteiger partial charge >= 0.3 is 5.97 Å². The number of carbonyl (C=O) groups is 1. The van der Waals surface area contributed by atoms with Crippen LogP contribution in [0.4, 0.5) is 0 Å². The van der Waals surface area contributed by atoms with E-state index in [0.29, 0.717) is 0 Å². The molecule has 0 saturated heterocycles. The first-order valence-corrected chi connectivity index (χ1v) is 2.45. The van der Waals surface area contributed by atoms with E-state index in [9.17, 15) is 4.79 Å². The van der Waals surface area contributed by atoms with Gasteiger partial charge in [-0.1, -0.05) is 23.2 Å². The van der Waals surface area contributed by atoms with Crippen molar-refractivity contribution in [3.63, 3.8) is 0 Å². The zero-order valence-corrected chi connectivity index (χ0v) is 6.95. The normalized spacial score (nSPS) is 8.00. The van der Waals surface area contributed by atoms with E-state index in [1.165, 1.54) is 6.92 Å². The van der Waals surface area contributed by atoms with Gasteiger partial charge in [-0.05, 0) is 0 Å². The summed E-state index contributed by atoms with van der Waals surface area (Å²) in [5.41, 5.74) is 0. The summed E-state index contributed by atoms with van der Waals surface area (Å²) < 4.78 is 4.14. The van der Waals surface area contributed by atoms with Gasteiger partial charge < -0.3 is 4.74 Å². The SMILES string of the molecule is CC(=O)OC(Cl)Cl.[Ag]. The van der Waals surface area contributed by atoms with Crippen molar-refractivity contribution in [1.29, 1.82) is 0 Å². The van der Waals surface area contributed by atoms with Gasteiger partial charge in [0.2, 0.25) is 0 Å². The predicted octanol–water partition coefficient (Wildman–Crippen LogP) is 1.31. The van der Waals surface area contributed by atoms with Crippen LogP contribution in [0.2, 0.25) is 0 Å². The van der Waals surface area contributed by atoms with Gasteiger partial charge in [0.05, 0.1) is 0 Å². The number of esters is 1. The topological polar surface area (TPSA) is 26.3 Å². The Morgan fingerprint density at radius 3 is 2.00 bits per heavy atom. The molecule has 0 saturated carbocycles. The second kappa shape index (κ2) is 5.92.